The molecule has 0 fully saturated rings. The third kappa shape index (κ3) is 3.39. The van der Waals surface area contributed by atoms with Crippen LogP contribution in [-0.2, 0) is 14.8 Å². The molecule has 0 unspecified atom stereocenters. The number of carboxylic acid groups (broad SMARTS) is 1. The number of aliphatic carboxylic acids is 1. The first-order chi connectivity index (χ1) is 8.27. The zero-order valence-electron chi connectivity index (χ0n) is 8.80. The van der Waals surface area contributed by atoms with Crippen molar-refractivity contribution in [2.75, 3.05) is 6.61 Å². The van der Waals surface area contributed by atoms with Gasteiger partial charge in [-0.3, -0.25) is 4.79 Å². The van der Waals surface area contributed by atoms with Gasteiger partial charge in [0.25, 0.3) is 0 Å². The molecule has 0 aromatic heterocycles. The van der Waals surface area contributed by atoms with E-state index in [1.54, 1.807) is 4.72 Å². The van der Waals surface area contributed by atoms with Gasteiger partial charge in [0.2, 0.25) is 10.0 Å². The highest BCUT2D eigenvalue weighted by Gasteiger charge is 2.26. The van der Waals surface area contributed by atoms with E-state index in [1.807, 2.05) is 0 Å². The summed E-state index contributed by atoms with van der Waals surface area (Å²) in [7, 11) is -4.39. The summed E-state index contributed by atoms with van der Waals surface area (Å²) in [6.07, 6.45) is 0. The molecule has 1 rings (SSSR count). The molecule has 0 amide bonds. The maximum atomic E-state index is 13.4. The minimum absolute atomic E-state index is 0.00314. The Morgan fingerprint density at radius 1 is 1.50 bits per heavy atom. The Labute approximate surface area is 107 Å². The van der Waals surface area contributed by atoms with Crippen LogP contribution in [0, 0.1) is 5.82 Å². The lowest BCUT2D eigenvalue weighted by atomic mass is 10.3. The minimum Gasteiger partial charge on any atom is -0.480 e. The van der Waals surface area contributed by atoms with E-state index < -0.39 is 39.4 Å². The van der Waals surface area contributed by atoms with Crippen LogP contribution in [0.25, 0.3) is 0 Å². The molecular formula is C9H9ClFNO5S. The Kier molecular flexibility index (Phi) is 4.63. The molecular weight excluding hydrogens is 289 g/mol. The van der Waals surface area contributed by atoms with Gasteiger partial charge in [0.05, 0.1) is 6.61 Å². The molecule has 9 heteroatoms. The number of hydrogen-bond donors (Lipinski definition) is 3. The molecule has 0 saturated heterocycles. The van der Waals surface area contributed by atoms with Crippen molar-refractivity contribution in [3.8, 4) is 0 Å². The molecule has 0 aliphatic rings. The Morgan fingerprint density at radius 3 is 2.56 bits per heavy atom. The first kappa shape index (κ1) is 14.8. The molecule has 0 aliphatic heterocycles. The summed E-state index contributed by atoms with van der Waals surface area (Å²) in [4.78, 5) is 9.83. The third-order valence-electron chi connectivity index (χ3n) is 1.96. The maximum absolute atomic E-state index is 13.4. The minimum atomic E-state index is -4.39. The van der Waals surface area contributed by atoms with E-state index in [-0.39, 0.29) is 5.02 Å². The highest BCUT2D eigenvalue weighted by Crippen LogP contribution is 2.19. The predicted molar refractivity (Wildman–Crippen MR) is 60.2 cm³/mol. The van der Waals surface area contributed by atoms with Gasteiger partial charge in [-0.05, 0) is 18.2 Å². The second kappa shape index (κ2) is 5.61. The summed E-state index contributed by atoms with van der Waals surface area (Å²) in [6.45, 7) is -0.955. The number of carbonyl (C=O) groups is 1. The number of carboxylic acids is 1. The van der Waals surface area contributed by atoms with Gasteiger partial charge in [0, 0.05) is 5.02 Å². The lowest BCUT2D eigenvalue weighted by Crippen LogP contribution is -2.43. The Bertz CT molecular complexity index is 562. The second-order valence-electron chi connectivity index (χ2n) is 3.27. The molecule has 0 radical (unpaired) electrons. The number of sulfonamides is 1. The number of benzene rings is 1. The van der Waals surface area contributed by atoms with Crippen LogP contribution in [0.15, 0.2) is 23.1 Å². The monoisotopic (exact) mass is 297 g/mol. The van der Waals surface area contributed by atoms with Crippen LogP contribution >= 0.6 is 11.6 Å². The lowest BCUT2D eigenvalue weighted by molar-refractivity contribution is -0.139. The third-order valence-corrected chi connectivity index (χ3v) is 3.70. The highest BCUT2D eigenvalue weighted by atomic mass is 35.5. The van der Waals surface area contributed by atoms with E-state index in [1.165, 1.54) is 0 Å². The number of halogens is 2. The topological polar surface area (TPSA) is 104 Å². The zero-order valence-corrected chi connectivity index (χ0v) is 10.4. The Balaban J connectivity index is 3.10. The first-order valence-corrected chi connectivity index (χ1v) is 6.45. The fraction of sp³-hybridized carbons (Fsp3) is 0.222. The Hall–Kier alpha value is -1.22. The van der Waals surface area contributed by atoms with Gasteiger partial charge in [-0.2, -0.15) is 4.72 Å². The van der Waals surface area contributed by atoms with Crippen molar-refractivity contribution in [3.05, 3.63) is 29.0 Å². The van der Waals surface area contributed by atoms with Crippen molar-refractivity contribution in [3.63, 3.8) is 0 Å². The first-order valence-electron chi connectivity index (χ1n) is 4.59. The van der Waals surface area contributed by atoms with Gasteiger partial charge in [0.1, 0.15) is 16.8 Å². The van der Waals surface area contributed by atoms with Crippen LogP contribution in [0.2, 0.25) is 5.02 Å². The van der Waals surface area contributed by atoms with Gasteiger partial charge in [-0.15, -0.1) is 0 Å². The molecule has 3 N–H and O–H groups in total. The van der Waals surface area contributed by atoms with Crippen molar-refractivity contribution >= 4 is 27.6 Å². The smallest absolute Gasteiger partial charge is 0.324 e. The van der Waals surface area contributed by atoms with Crippen LogP contribution < -0.4 is 4.72 Å². The molecule has 0 heterocycles. The predicted octanol–water partition coefficient (Wildman–Crippen LogP) is 0.203. The van der Waals surface area contributed by atoms with Crippen molar-refractivity contribution in [1.29, 1.82) is 0 Å². The van der Waals surface area contributed by atoms with E-state index in [4.69, 9.17) is 21.8 Å². The van der Waals surface area contributed by atoms with Gasteiger partial charge in [-0.1, -0.05) is 11.6 Å². The standard InChI is InChI=1S/C9H9ClFNO5S/c10-5-1-2-8(6(11)3-5)18(16,17)12-7(4-13)9(14)15/h1-3,7,12-13H,4H2,(H,14,15)/t7-/m0/s1. The van der Waals surface area contributed by atoms with Crippen LogP contribution in [-0.4, -0.2) is 37.2 Å². The molecule has 1 aromatic carbocycles. The zero-order chi connectivity index (χ0) is 13.9. The van der Waals surface area contributed by atoms with Gasteiger partial charge >= 0.3 is 5.97 Å². The van der Waals surface area contributed by atoms with Crippen LogP contribution in [0.1, 0.15) is 0 Å². The lowest BCUT2D eigenvalue weighted by Gasteiger charge is -2.12. The van der Waals surface area contributed by atoms with Crippen LogP contribution in [0.5, 0.6) is 0 Å². The van der Waals surface area contributed by atoms with Crippen molar-refractivity contribution in [1.82, 2.24) is 4.72 Å². The average Bonchev–Trinajstić information content (AvgIpc) is 2.24. The largest absolute Gasteiger partial charge is 0.480 e. The summed E-state index contributed by atoms with van der Waals surface area (Å²) < 4.78 is 38.4. The van der Waals surface area contributed by atoms with E-state index in [0.717, 1.165) is 18.2 Å². The van der Waals surface area contributed by atoms with E-state index >= 15 is 0 Å². The van der Waals surface area contributed by atoms with Gasteiger partial charge < -0.3 is 10.2 Å². The molecule has 0 aliphatic carbocycles. The molecule has 100 valence electrons. The summed E-state index contributed by atoms with van der Waals surface area (Å²) in [5.74, 6) is -2.69. The van der Waals surface area contributed by atoms with Gasteiger partial charge in [0.15, 0.2) is 0 Å². The number of hydrogen-bond acceptors (Lipinski definition) is 4. The van der Waals surface area contributed by atoms with Crippen molar-refractivity contribution in [2.45, 2.75) is 10.9 Å². The molecule has 1 aromatic rings. The molecule has 0 spiro atoms. The molecule has 0 saturated carbocycles. The van der Waals surface area contributed by atoms with E-state index in [2.05, 4.69) is 0 Å². The maximum Gasteiger partial charge on any atom is 0.324 e. The van der Waals surface area contributed by atoms with E-state index in [0.29, 0.717) is 0 Å². The van der Waals surface area contributed by atoms with Crippen molar-refractivity contribution in [2.24, 2.45) is 0 Å². The quantitative estimate of drug-likeness (QED) is 0.720. The second-order valence-corrected chi connectivity index (χ2v) is 5.39. The SMILES string of the molecule is O=C(O)[C@H](CO)NS(=O)(=O)c1ccc(Cl)cc1F. The molecule has 1 atom stereocenters. The number of aliphatic hydroxyl groups is 1. The fourth-order valence-electron chi connectivity index (χ4n) is 1.11. The molecule has 18 heavy (non-hydrogen) atoms. The van der Waals surface area contributed by atoms with Crippen molar-refractivity contribution < 1.29 is 27.8 Å². The molecule has 6 nitrogen and oxygen atoms in total. The molecule has 0 bridgehead atoms. The number of rotatable bonds is 5. The van der Waals surface area contributed by atoms with E-state index in [9.17, 15) is 17.6 Å². The number of nitrogens with one attached hydrogen (secondary N) is 1. The highest BCUT2D eigenvalue weighted by molar-refractivity contribution is 7.89. The normalized spacial score (nSPS) is 13.3. The number of aliphatic hydroxyl groups excluding tert-OH is 1. The summed E-state index contributed by atoms with van der Waals surface area (Å²) in [6, 6.07) is 1.08. The summed E-state index contributed by atoms with van der Waals surface area (Å²) in [5, 5.41) is 17.3. The van der Waals surface area contributed by atoms with Crippen LogP contribution in [0.3, 0.4) is 0 Å². The Morgan fingerprint density at radius 2 is 2.11 bits per heavy atom. The summed E-state index contributed by atoms with van der Waals surface area (Å²) >= 11 is 5.46. The van der Waals surface area contributed by atoms with Crippen LogP contribution in [0.4, 0.5) is 4.39 Å². The fourth-order valence-corrected chi connectivity index (χ4v) is 2.51. The van der Waals surface area contributed by atoms with Gasteiger partial charge in [-0.25, -0.2) is 12.8 Å². The average molecular weight is 298 g/mol. The summed E-state index contributed by atoms with van der Waals surface area (Å²) in [5.41, 5.74) is 0.